The topological polar surface area (TPSA) is 41.6 Å². The van der Waals surface area contributed by atoms with Gasteiger partial charge in [-0.05, 0) is 44.6 Å². The number of unbranched alkanes of at least 4 members (excludes halogenated alkanes) is 1. The van der Waals surface area contributed by atoms with Crippen molar-refractivity contribution < 1.29 is 9.53 Å². The highest BCUT2D eigenvalue weighted by atomic mass is 16.5. The lowest BCUT2D eigenvalue weighted by atomic mass is 9.73. The zero-order valence-electron chi connectivity index (χ0n) is 17.1. The van der Waals surface area contributed by atoms with Crippen LogP contribution >= 0.6 is 0 Å². The quantitative estimate of drug-likeness (QED) is 0.524. The number of hydrogen-bond donors (Lipinski definition) is 1. The van der Waals surface area contributed by atoms with Gasteiger partial charge in [0.25, 0.3) is 0 Å². The maximum atomic E-state index is 12.2. The van der Waals surface area contributed by atoms with E-state index in [0.717, 1.165) is 51.9 Å². The van der Waals surface area contributed by atoms with Crippen LogP contribution in [0.1, 0.15) is 44.6 Å². The average molecular weight is 383 g/mol. The summed E-state index contributed by atoms with van der Waals surface area (Å²) in [6, 6.07) is 10.7. The van der Waals surface area contributed by atoms with Gasteiger partial charge in [0.2, 0.25) is 5.91 Å². The Balaban J connectivity index is 1.27. The van der Waals surface area contributed by atoms with Gasteiger partial charge in [0.1, 0.15) is 0 Å². The van der Waals surface area contributed by atoms with E-state index in [1.165, 1.54) is 12.0 Å². The Morgan fingerprint density at radius 2 is 2.21 bits per heavy atom. The molecule has 0 aromatic heterocycles. The SMILES string of the molecule is C/C=C/CCCC(=O)NC[C@H]1[C@H]2CN(CCc3ccccc3)C[C@]23CC[C@H]1O3. The summed E-state index contributed by atoms with van der Waals surface area (Å²) in [5.41, 5.74) is 1.46. The van der Waals surface area contributed by atoms with E-state index in [0.29, 0.717) is 24.4 Å². The molecule has 3 heterocycles. The fourth-order valence-corrected chi connectivity index (χ4v) is 5.53. The smallest absolute Gasteiger partial charge is 0.220 e. The summed E-state index contributed by atoms with van der Waals surface area (Å²) < 4.78 is 6.52. The van der Waals surface area contributed by atoms with Gasteiger partial charge in [0.15, 0.2) is 0 Å². The molecule has 4 rings (SSSR count). The third-order valence-electron chi connectivity index (χ3n) is 6.96. The molecule has 3 fully saturated rings. The number of fused-ring (bicyclic) bond motifs is 1. The molecule has 3 aliphatic rings. The highest BCUT2D eigenvalue weighted by molar-refractivity contribution is 5.75. The van der Waals surface area contributed by atoms with Crippen LogP contribution in [-0.2, 0) is 16.0 Å². The molecular weight excluding hydrogens is 348 g/mol. The van der Waals surface area contributed by atoms with E-state index in [2.05, 4.69) is 46.6 Å². The zero-order chi connectivity index (χ0) is 19.4. The number of ether oxygens (including phenoxy) is 1. The second-order valence-corrected chi connectivity index (χ2v) is 8.77. The van der Waals surface area contributed by atoms with Crippen LogP contribution in [0.15, 0.2) is 42.5 Å². The van der Waals surface area contributed by atoms with E-state index in [4.69, 9.17) is 4.74 Å². The van der Waals surface area contributed by atoms with Crippen LogP contribution in [0.5, 0.6) is 0 Å². The maximum Gasteiger partial charge on any atom is 0.220 e. The fourth-order valence-electron chi connectivity index (χ4n) is 5.53. The van der Waals surface area contributed by atoms with Crippen molar-refractivity contribution in [3.63, 3.8) is 0 Å². The van der Waals surface area contributed by atoms with E-state index in [-0.39, 0.29) is 11.5 Å². The molecule has 3 aliphatic heterocycles. The highest BCUT2D eigenvalue weighted by Crippen LogP contribution is 2.54. The Morgan fingerprint density at radius 1 is 1.36 bits per heavy atom. The number of carbonyl (C=O) groups excluding carboxylic acids is 1. The Labute approximate surface area is 169 Å². The molecule has 152 valence electrons. The highest BCUT2D eigenvalue weighted by Gasteiger charge is 2.62. The van der Waals surface area contributed by atoms with Crippen LogP contribution in [0.25, 0.3) is 0 Å². The molecular formula is C24H34N2O2. The van der Waals surface area contributed by atoms with Crippen LogP contribution < -0.4 is 5.32 Å². The van der Waals surface area contributed by atoms with Gasteiger partial charge >= 0.3 is 0 Å². The predicted molar refractivity (Wildman–Crippen MR) is 112 cm³/mol. The van der Waals surface area contributed by atoms with Crippen molar-refractivity contribution in [2.75, 3.05) is 26.2 Å². The first kappa shape index (κ1) is 19.7. The van der Waals surface area contributed by atoms with E-state index < -0.39 is 0 Å². The van der Waals surface area contributed by atoms with Gasteiger partial charge in [-0.1, -0.05) is 42.5 Å². The van der Waals surface area contributed by atoms with Crippen LogP contribution in [0.2, 0.25) is 0 Å². The monoisotopic (exact) mass is 382 g/mol. The molecule has 4 nitrogen and oxygen atoms in total. The van der Waals surface area contributed by atoms with Gasteiger partial charge in [-0.2, -0.15) is 0 Å². The lowest BCUT2D eigenvalue weighted by Crippen LogP contribution is -2.41. The van der Waals surface area contributed by atoms with Gasteiger partial charge in [0.05, 0.1) is 11.7 Å². The first-order valence-electron chi connectivity index (χ1n) is 11.0. The molecule has 0 aliphatic carbocycles. The largest absolute Gasteiger partial charge is 0.370 e. The first-order valence-corrected chi connectivity index (χ1v) is 11.0. The summed E-state index contributed by atoms with van der Waals surface area (Å²) in [6.07, 6.45) is 10.5. The second kappa shape index (κ2) is 8.79. The number of hydrogen-bond acceptors (Lipinski definition) is 3. The number of nitrogens with zero attached hydrogens (tertiary/aromatic N) is 1. The number of amides is 1. The average Bonchev–Trinajstić information content (AvgIpc) is 3.37. The Hall–Kier alpha value is -1.65. The fraction of sp³-hybridized carbons (Fsp3) is 0.625. The first-order chi connectivity index (χ1) is 13.7. The van der Waals surface area contributed by atoms with Gasteiger partial charge in [-0.15, -0.1) is 0 Å². The van der Waals surface area contributed by atoms with E-state index in [1.807, 2.05) is 13.0 Å². The lowest BCUT2D eigenvalue weighted by Gasteiger charge is -2.29. The standard InChI is InChI=1S/C24H34N2O2/c1-2-3-4-8-11-23(27)25-16-20-21-17-26(15-13-19-9-6-5-7-10-19)18-24(21)14-12-22(20)28-24/h2-3,5-7,9-10,20-22H,4,8,11-18H2,1H3,(H,25,27)/b3-2+/t20-,21+,22+,24+/m0/s1. The predicted octanol–water partition coefficient (Wildman–Crippen LogP) is 3.57. The lowest BCUT2D eigenvalue weighted by molar-refractivity contribution is -0.121. The van der Waals surface area contributed by atoms with Gasteiger partial charge < -0.3 is 10.1 Å². The normalized spacial score (nSPS) is 31.5. The number of carbonyl (C=O) groups is 1. The minimum absolute atomic E-state index is 0.0582. The minimum Gasteiger partial charge on any atom is -0.370 e. The summed E-state index contributed by atoms with van der Waals surface area (Å²) in [7, 11) is 0. The van der Waals surface area contributed by atoms with Crippen LogP contribution in [0, 0.1) is 11.8 Å². The molecule has 0 unspecified atom stereocenters. The van der Waals surface area contributed by atoms with Crippen molar-refractivity contribution in [2.45, 2.75) is 57.2 Å². The number of rotatable bonds is 9. The molecule has 4 heteroatoms. The summed E-state index contributed by atoms with van der Waals surface area (Å²) >= 11 is 0. The second-order valence-electron chi connectivity index (χ2n) is 8.77. The molecule has 1 spiro atoms. The van der Waals surface area contributed by atoms with Gasteiger partial charge in [-0.25, -0.2) is 0 Å². The molecule has 1 N–H and O–H groups in total. The Kier molecular flexibility index (Phi) is 6.17. The summed E-state index contributed by atoms with van der Waals surface area (Å²) in [5, 5.41) is 3.21. The van der Waals surface area contributed by atoms with E-state index >= 15 is 0 Å². The molecule has 0 saturated carbocycles. The van der Waals surface area contributed by atoms with E-state index in [1.54, 1.807) is 0 Å². The third kappa shape index (κ3) is 4.18. The van der Waals surface area contributed by atoms with Gasteiger partial charge in [-0.3, -0.25) is 9.69 Å². The number of benzene rings is 1. The molecule has 1 amide bonds. The van der Waals surface area contributed by atoms with Crippen molar-refractivity contribution in [1.29, 1.82) is 0 Å². The molecule has 1 aromatic rings. The number of likely N-dealkylation sites (tertiary alicyclic amines) is 1. The molecule has 3 saturated heterocycles. The Morgan fingerprint density at radius 3 is 3.04 bits per heavy atom. The summed E-state index contributed by atoms with van der Waals surface area (Å²) in [5.74, 6) is 1.25. The summed E-state index contributed by atoms with van der Waals surface area (Å²) in [6.45, 7) is 6.09. The maximum absolute atomic E-state index is 12.2. The number of allylic oxidation sites excluding steroid dienone is 2. The van der Waals surface area contributed by atoms with Crippen LogP contribution in [0.3, 0.4) is 0 Å². The van der Waals surface area contributed by atoms with Crippen molar-refractivity contribution in [3.05, 3.63) is 48.0 Å². The number of nitrogens with one attached hydrogen (secondary N) is 1. The molecule has 28 heavy (non-hydrogen) atoms. The van der Waals surface area contributed by atoms with Crippen LogP contribution in [-0.4, -0.2) is 48.7 Å². The molecule has 0 radical (unpaired) electrons. The molecule has 1 aromatic carbocycles. The van der Waals surface area contributed by atoms with E-state index in [9.17, 15) is 4.79 Å². The summed E-state index contributed by atoms with van der Waals surface area (Å²) in [4.78, 5) is 14.8. The van der Waals surface area contributed by atoms with Crippen LogP contribution in [0.4, 0.5) is 0 Å². The van der Waals surface area contributed by atoms with Crippen molar-refractivity contribution in [3.8, 4) is 0 Å². The van der Waals surface area contributed by atoms with Crippen molar-refractivity contribution in [1.82, 2.24) is 10.2 Å². The molecule has 2 bridgehead atoms. The molecule has 4 atom stereocenters. The zero-order valence-corrected chi connectivity index (χ0v) is 17.1. The van der Waals surface area contributed by atoms with Crippen molar-refractivity contribution in [2.24, 2.45) is 11.8 Å². The van der Waals surface area contributed by atoms with Crippen molar-refractivity contribution >= 4 is 5.91 Å². The minimum atomic E-state index is 0.0582. The Bertz CT molecular complexity index is 689. The third-order valence-corrected chi connectivity index (χ3v) is 6.96. The van der Waals surface area contributed by atoms with Gasteiger partial charge in [0, 0.05) is 44.4 Å².